The summed E-state index contributed by atoms with van der Waals surface area (Å²) in [7, 11) is 0. The third kappa shape index (κ3) is 1.20. The van der Waals surface area contributed by atoms with Crippen LogP contribution in [0.3, 0.4) is 0 Å². The smallest absolute Gasteiger partial charge is 0.230 e. The summed E-state index contributed by atoms with van der Waals surface area (Å²) in [5, 5.41) is 0.661. The molecule has 2 aliphatic rings. The van der Waals surface area contributed by atoms with Crippen molar-refractivity contribution in [2.24, 2.45) is 4.99 Å². The summed E-state index contributed by atoms with van der Waals surface area (Å²) in [5.41, 5.74) is 1.63. The van der Waals surface area contributed by atoms with Crippen LogP contribution < -0.4 is 4.90 Å². The van der Waals surface area contributed by atoms with Gasteiger partial charge in [0.1, 0.15) is 0 Å². The predicted octanol–water partition coefficient (Wildman–Crippen LogP) is 2.14. The first kappa shape index (κ1) is 8.92. The van der Waals surface area contributed by atoms with Crippen LogP contribution in [0.2, 0.25) is 5.02 Å². The number of carbonyl (C=O) groups is 1. The molecule has 2 heterocycles. The van der Waals surface area contributed by atoms with Gasteiger partial charge in [-0.05, 0) is 24.6 Å². The Morgan fingerprint density at radius 3 is 3.13 bits per heavy atom. The molecule has 15 heavy (non-hydrogen) atoms. The molecule has 0 aliphatic carbocycles. The molecule has 0 N–H and O–H groups in total. The normalized spacial score (nSPS) is 18.6. The van der Waals surface area contributed by atoms with Crippen molar-refractivity contribution in [3.63, 3.8) is 0 Å². The SMILES string of the molecule is O=C1C2=NCCCN2c2cc(Cl)ccc21. The van der Waals surface area contributed by atoms with Gasteiger partial charge in [0.15, 0.2) is 5.84 Å². The highest BCUT2D eigenvalue weighted by molar-refractivity contribution is 6.54. The van der Waals surface area contributed by atoms with E-state index < -0.39 is 0 Å². The number of nitrogens with zero attached hydrogens (tertiary/aromatic N) is 2. The van der Waals surface area contributed by atoms with Crippen LogP contribution in [-0.2, 0) is 0 Å². The summed E-state index contributed by atoms with van der Waals surface area (Å²) in [6.45, 7) is 1.61. The molecule has 1 aromatic carbocycles. The highest BCUT2D eigenvalue weighted by Gasteiger charge is 2.34. The van der Waals surface area contributed by atoms with Crippen LogP contribution in [0.15, 0.2) is 23.2 Å². The first-order valence-electron chi connectivity index (χ1n) is 4.93. The van der Waals surface area contributed by atoms with Gasteiger partial charge in [0.25, 0.3) is 0 Å². The quantitative estimate of drug-likeness (QED) is 0.671. The topological polar surface area (TPSA) is 32.7 Å². The number of amidine groups is 1. The molecule has 1 aromatic rings. The third-order valence-electron chi connectivity index (χ3n) is 2.76. The van der Waals surface area contributed by atoms with Gasteiger partial charge in [0, 0.05) is 23.7 Å². The van der Waals surface area contributed by atoms with Crippen LogP contribution in [0.4, 0.5) is 5.69 Å². The molecule has 3 rings (SSSR count). The summed E-state index contributed by atoms with van der Waals surface area (Å²) in [5.74, 6) is 0.611. The van der Waals surface area contributed by atoms with Gasteiger partial charge in [-0.15, -0.1) is 0 Å². The number of hydrogen-bond donors (Lipinski definition) is 0. The molecule has 0 radical (unpaired) electrons. The van der Waals surface area contributed by atoms with E-state index in [1.807, 2.05) is 11.0 Å². The Hall–Kier alpha value is -1.35. The van der Waals surface area contributed by atoms with Crippen molar-refractivity contribution in [1.82, 2.24) is 0 Å². The standard InChI is InChI=1S/C11H9ClN2O/c12-7-2-3-8-9(6-7)14-5-1-4-13-11(14)10(8)15/h2-3,6H,1,4-5H2. The number of halogens is 1. The maximum atomic E-state index is 11.9. The third-order valence-corrected chi connectivity index (χ3v) is 2.99. The number of Topliss-reactive ketones (excluding diaryl/α,β-unsaturated/α-hetero) is 1. The Labute approximate surface area is 92.4 Å². The fourth-order valence-electron chi connectivity index (χ4n) is 2.07. The Bertz CT molecular complexity index is 481. The molecule has 76 valence electrons. The van der Waals surface area contributed by atoms with Crippen molar-refractivity contribution in [3.8, 4) is 0 Å². The van der Waals surface area contributed by atoms with Crippen LogP contribution in [0.1, 0.15) is 16.8 Å². The number of rotatable bonds is 0. The first-order chi connectivity index (χ1) is 7.27. The molecule has 0 amide bonds. The number of carbonyl (C=O) groups excluding carboxylic acids is 1. The largest absolute Gasteiger partial charge is 0.323 e. The van der Waals surface area contributed by atoms with Gasteiger partial charge >= 0.3 is 0 Å². The van der Waals surface area contributed by atoms with Crippen LogP contribution in [-0.4, -0.2) is 24.7 Å². The molecule has 0 fully saturated rings. The molecule has 2 aliphatic heterocycles. The monoisotopic (exact) mass is 220 g/mol. The van der Waals surface area contributed by atoms with Gasteiger partial charge < -0.3 is 4.90 Å². The lowest BCUT2D eigenvalue weighted by molar-refractivity contribution is 0.106. The summed E-state index contributed by atoms with van der Waals surface area (Å²) < 4.78 is 0. The maximum Gasteiger partial charge on any atom is 0.230 e. The van der Waals surface area contributed by atoms with Crippen molar-refractivity contribution < 1.29 is 4.79 Å². The fraction of sp³-hybridized carbons (Fsp3) is 0.273. The molecule has 0 aromatic heterocycles. The molecule has 0 bridgehead atoms. The zero-order chi connectivity index (χ0) is 10.4. The van der Waals surface area contributed by atoms with Crippen molar-refractivity contribution in [2.45, 2.75) is 6.42 Å². The number of ketones is 1. The molecule has 0 saturated carbocycles. The molecule has 0 atom stereocenters. The van der Waals surface area contributed by atoms with E-state index in [9.17, 15) is 4.79 Å². The highest BCUT2D eigenvalue weighted by atomic mass is 35.5. The Kier molecular flexibility index (Phi) is 1.83. The second-order valence-corrected chi connectivity index (χ2v) is 4.14. The lowest BCUT2D eigenvalue weighted by Crippen LogP contribution is -2.34. The van der Waals surface area contributed by atoms with Gasteiger partial charge in [-0.2, -0.15) is 0 Å². The summed E-state index contributed by atoms with van der Waals surface area (Å²) in [4.78, 5) is 18.2. The van der Waals surface area contributed by atoms with Crippen molar-refractivity contribution in [2.75, 3.05) is 18.0 Å². The van der Waals surface area contributed by atoms with Crippen molar-refractivity contribution >= 4 is 28.9 Å². The Morgan fingerprint density at radius 1 is 1.40 bits per heavy atom. The average Bonchev–Trinajstić information content (AvgIpc) is 2.54. The van der Waals surface area contributed by atoms with E-state index in [2.05, 4.69) is 4.99 Å². The zero-order valence-electron chi connectivity index (χ0n) is 8.03. The number of benzene rings is 1. The van der Waals surface area contributed by atoms with Crippen LogP contribution in [0, 0.1) is 0 Å². The van der Waals surface area contributed by atoms with Crippen LogP contribution in [0.5, 0.6) is 0 Å². The second kappa shape index (κ2) is 3.07. The minimum atomic E-state index is 0.0290. The lowest BCUT2D eigenvalue weighted by atomic mass is 10.1. The molecule has 3 nitrogen and oxygen atoms in total. The van der Waals surface area contributed by atoms with E-state index >= 15 is 0 Å². The molecular weight excluding hydrogens is 212 g/mol. The molecule has 4 heteroatoms. The van der Waals surface area contributed by atoms with Crippen molar-refractivity contribution in [3.05, 3.63) is 28.8 Å². The average molecular weight is 221 g/mol. The number of fused-ring (bicyclic) bond motifs is 3. The van der Waals surface area contributed by atoms with E-state index in [-0.39, 0.29) is 5.78 Å². The maximum absolute atomic E-state index is 11.9. The molecule has 0 spiro atoms. The number of aliphatic imine (C=N–C) groups is 1. The van der Waals surface area contributed by atoms with E-state index in [1.54, 1.807) is 12.1 Å². The summed E-state index contributed by atoms with van der Waals surface area (Å²) >= 11 is 5.92. The molecule has 0 saturated heterocycles. The fourth-order valence-corrected chi connectivity index (χ4v) is 2.24. The van der Waals surface area contributed by atoms with Gasteiger partial charge in [0.05, 0.1) is 5.69 Å². The first-order valence-corrected chi connectivity index (χ1v) is 5.31. The summed E-state index contributed by atoms with van der Waals surface area (Å²) in [6.07, 6.45) is 0.989. The zero-order valence-corrected chi connectivity index (χ0v) is 8.79. The van der Waals surface area contributed by atoms with Crippen molar-refractivity contribution in [1.29, 1.82) is 0 Å². The van der Waals surface area contributed by atoms with E-state index in [0.29, 0.717) is 10.9 Å². The summed E-state index contributed by atoms with van der Waals surface area (Å²) in [6, 6.07) is 5.36. The lowest BCUT2D eigenvalue weighted by Gasteiger charge is -2.22. The minimum absolute atomic E-state index is 0.0290. The molecule has 0 unspecified atom stereocenters. The second-order valence-electron chi connectivity index (χ2n) is 3.70. The Balaban J connectivity index is 2.21. The Morgan fingerprint density at radius 2 is 2.27 bits per heavy atom. The van der Waals surface area contributed by atoms with Gasteiger partial charge in [-0.3, -0.25) is 9.79 Å². The molecular formula is C11H9ClN2O. The predicted molar refractivity (Wildman–Crippen MR) is 60.0 cm³/mol. The van der Waals surface area contributed by atoms with E-state index in [1.165, 1.54) is 0 Å². The van der Waals surface area contributed by atoms with Crippen LogP contribution >= 0.6 is 11.6 Å². The van der Waals surface area contributed by atoms with E-state index in [0.717, 1.165) is 30.8 Å². The van der Waals surface area contributed by atoms with E-state index in [4.69, 9.17) is 11.6 Å². The van der Waals surface area contributed by atoms with Gasteiger partial charge in [0.2, 0.25) is 5.78 Å². The highest BCUT2D eigenvalue weighted by Crippen LogP contribution is 2.33. The van der Waals surface area contributed by atoms with Gasteiger partial charge in [-0.25, -0.2) is 0 Å². The number of anilines is 1. The van der Waals surface area contributed by atoms with Crippen LogP contribution in [0.25, 0.3) is 0 Å². The minimum Gasteiger partial charge on any atom is -0.323 e. The number of hydrogen-bond acceptors (Lipinski definition) is 3. The van der Waals surface area contributed by atoms with Gasteiger partial charge in [-0.1, -0.05) is 11.6 Å².